The zero-order valence-electron chi connectivity index (χ0n) is 23.0. The van der Waals surface area contributed by atoms with Crippen molar-refractivity contribution < 1.29 is 23.8 Å². The van der Waals surface area contributed by atoms with Gasteiger partial charge < -0.3 is 24.0 Å². The Morgan fingerprint density at radius 1 is 0.923 bits per heavy atom. The number of methoxy groups -OCH3 is 2. The highest BCUT2D eigenvalue weighted by Crippen LogP contribution is 2.28. The van der Waals surface area contributed by atoms with E-state index in [1.54, 1.807) is 36.5 Å². The number of carbonyl (C=O) groups is 2. The van der Waals surface area contributed by atoms with Crippen LogP contribution in [0.5, 0.6) is 11.5 Å². The first-order valence-corrected chi connectivity index (χ1v) is 14.0. The number of hydrogen-bond acceptors (Lipinski definition) is 6. The van der Waals surface area contributed by atoms with Gasteiger partial charge in [0.25, 0.3) is 0 Å². The minimum absolute atomic E-state index is 0.00139. The fraction of sp³-hybridized carbons (Fsp3) is 0.355. The van der Waals surface area contributed by atoms with Gasteiger partial charge in [-0.15, -0.1) is 11.3 Å². The number of benzene rings is 2. The molecule has 1 aromatic heterocycles. The average Bonchev–Trinajstić information content (AvgIpc) is 3.49. The van der Waals surface area contributed by atoms with Gasteiger partial charge in [-0.1, -0.05) is 42.5 Å². The molecule has 0 N–H and O–H groups in total. The van der Waals surface area contributed by atoms with Gasteiger partial charge in [0, 0.05) is 37.3 Å². The molecule has 0 unspecified atom stereocenters. The van der Waals surface area contributed by atoms with Crippen LogP contribution in [-0.4, -0.2) is 68.7 Å². The Labute approximate surface area is 235 Å². The van der Waals surface area contributed by atoms with Crippen molar-refractivity contribution in [2.75, 3.05) is 47.1 Å². The number of amides is 2. The quantitative estimate of drug-likeness (QED) is 0.179. The second-order valence-electron chi connectivity index (χ2n) is 8.89. The summed E-state index contributed by atoms with van der Waals surface area (Å²) in [6, 6.07) is 19.4. The van der Waals surface area contributed by atoms with Crippen molar-refractivity contribution in [3.63, 3.8) is 0 Å². The Morgan fingerprint density at radius 2 is 1.72 bits per heavy atom. The van der Waals surface area contributed by atoms with E-state index >= 15 is 0 Å². The molecule has 1 heterocycles. The van der Waals surface area contributed by atoms with Crippen LogP contribution in [0, 0.1) is 0 Å². The molecule has 0 aliphatic heterocycles. The summed E-state index contributed by atoms with van der Waals surface area (Å²) >= 11 is 1.61. The van der Waals surface area contributed by atoms with Gasteiger partial charge in [-0.3, -0.25) is 9.59 Å². The zero-order chi connectivity index (χ0) is 27.9. The molecule has 0 radical (unpaired) electrons. The van der Waals surface area contributed by atoms with Gasteiger partial charge in [0.05, 0.1) is 20.8 Å². The van der Waals surface area contributed by atoms with Crippen LogP contribution in [0.15, 0.2) is 72.1 Å². The molecule has 7 nitrogen and oxygen atoms in total. The van der Waals surface area contributed by atoms with E-state index in [2.05, 4.69) is 0 Å². The average molecular weight is 551 g/mol. The Kier molecular flexibility index (Phi) is 12.6. The van der Waals surface area contributed by atoms with Gasteiger partial charge in [0.1, 0.15) is 6.54 Å². The molecule has 39 heavy (non-hydrogen) atoms. The Morgan fingerprint density at radius 3 is 2.41 bits per heavy atom. The monoisotopic (exact) mass is 550 g/mol. The van der Waals surface area contributed by atoms with Crippen LogP contribution >= 0.6 is 11.3 Å². The van der Waals surface area contributed by atoms with E-state index in [0.717, 1.165) is 16.0 Å². The minimum atomic E-state index is -0.195. The smallest absolute Gasteiger partial charge is 0.247 e. The van der Waals surface area contributed by atoms with Crippen LogP contribution < -0.4 is 9.47 Å². The van der Waals surface area contributed by atoms with Crippen LogP contribution in [0.3, 0.4) is 0 Å². The summed E-state index contributed by atoms with van der Waals surface area (Å²) in [6.45, 7) is 4.53. The molecular weight excluding hydrogens is 512 g/mol. The van der Waals surface area contributed by atoms with Crippen LogP contribution in [0.2, 0.25) is 0 Å². The summed E-state index contributed by atoms with van der Waals surface area (Å²) in [5, 5.41) is 2.00. The normalized spacial score (nSPS) is 10.9. The topological polar surface area (TPSA) is 68.3 Å². The highest BCUT2D eigenvalue weighted by molar-refractivity contribution is 7.09. The van der Waals surface area contributed by atoms with Crippen molar-refractivity contribution in [2.45, 2.75) is 26.3 Å². The summed E-state index contributed by atoms with van der Waals surface area (Å²) < 4.78 is 16.3. The van der Waals surface area contributed by atoms with Gasteiger partial charge in [-0.25, -0.2) is 0 Å². The van der Waals surface area contributed by atoms with Gasteiger partial charge in [-0.2, -0.15) is 0 Å². The standard InChI is InChI=1S/C31H38N2O5S/c1-4-38-20-9-18-32(30(34)16-14-25-10-6-5-7-11-25)24-31(35)33(23-27-12-8-21-39-27)19-17-26-13-15-28(36-2)29(22-26)37-3/h5-8,10-16,21-22H,4,9,17-20,23-24H2,1-3H3. The number of ether oxygens (including phenoxy) is 3. The molecular formula is C31H38N2O5S. The van der Waals surface area contributed by atoms with Gasteiger partial charge in [0.15, 0.2) is 11.5 Å². The number of rotatable bonds is 16. The largest absolute Gasteiger partial charge is 0.493 e. The number of thiophene rings is 1. The lowest BCUT2D eigenvalue weighted by Gasteiger charge is -2.27. The van der Waals surface area contributed by atoms with Gasteiger partial charge >= 0.3 is 0 Å². The molecule has 0 spiro atoms. The molecule has 2 amide bonds. The van der Waals surface area contributed by atoms with Crippen molar-refractivity contribution in [1.82, 2.24) is 9.80 Å². The third kappa shape index (κ3) is 9.89. The van der Waals surface area contributed by atoms with Crippen molar-refractivity contribution in [3.05, 3.63) is 88.1 Å². The maximum Gasteiger partial charge on any atom is 0.247 e. The fourth-order valence-electron chi connectivity index (χ4n) is 4.05. The Bertz CT molecular complexity index is 1180. The van der Waals surface area contributed by atoms with Crippen molar-refractivity contribution >= 4 is 29.2 Å². The van der Waals surface area contributed by atoms with Crippen LogP contribution in [0.25, 0.3) is 6.08 Å². The zero-order valence-corrected chi connectivity index (χ0v) is 23.8. The van der Waals surface area contributed by atoms with E-state index in [9.17, 15) is 9.59 Å². The molecule has 208 valence electrons. The molecule has 0 saturated heterocycles. The first kappa shape index (κ1) is 29.9. The lowest BCUT2D eigenvalue weighted by atomic mass is 10.1. The van der Waals surface area contributed by atoms with E-state index in [0.29, 0.717) is 57.2 Å². The van der Waals surface area contributed by atoms with Crippen LogP contribution in [0.1, 0.15) is 29.3 Å². The maximum atomic E-state index is 13.6. The molecule has 3 aromatic rings. The van der Waals surface area contributed by atoms with Crippen molar-refractivity contribution in [2.24, 2.45) is 0 Å². The second kappa shape index (κ2) is 16.4. The molecule has 0 fully saturated rings. The first-order valence-electron chi connectivity index (χ1n) is 13.1. The lowest BCUT2D eigenvalue weighted by molar-refractivity contribution is -0.138. The highest BCUT2D eigenvalue weighted by Gasteiger charge is 2.21. The third-order valence-corrected chi connectivity index (χ3v) is 7.04. The summed E-state index contributed by atoms with van der Waals surface area (Å²) in [6.07, 6.45) is 4.62. The molecule has 0 aliphatic rings. The summed E-state index contributed by atoms with van der Waals surface area (Å²) in [5.41, 5.74) is 1.97. The van der Waals surface area contributed by atoms with E-state index in [-0.39, 0.29) is 18.4 Å². The van der Waals surface area contributed by atoms with Crippen LogP contribution in [-0.2, 0) is 27.3 Å². The molecule has 0 atom stereocenters. The number of hydrogen-bond donors (Lipinski definition) is 0. The van der Waals surface area contributed by atoms with Gasteiger partial charge in [-0.05, 0) is 60.5 Å². The van der Waals surface area contributed by atoms with Crippen LogP contribution in [0.4, 0.5) is 0 Å². The number of nitrogens with zero attached hydrogens (tertiary/aromatic N) is 2. The van der Waals surface area contributed by atoms with E-state index in [1.807, 2.05) is 77.9 Å². The van der Waals surface area contributed by atoms with Crippen molar-refractivity contribution in [3.8, 4) is 11.5 Å². The first-order chi connectivity index (χ1) is 19.0. The molecule has 8 heteroatoms. The third-order valence-electron chi connectivity index (χ3n) is 6.17. The van der Waals surface area contributed by atoms with E-state index < -0.39 is 0 Å². The molecule has 2 aromatic carbocycles. The molecule has 0 bridgehead atoms. The minimum Gasteiger partial charge on any atom is -0.493 e. The summed E-state index contributed by atoms with van der Waals surface area (Å²) in [4.78, 5) is 31.3. The maximum absolute atomic E-state index is 13.6. The predicted molar refractivity (Wildman–Crippen MR) is 156 cm³/mol. The number of carbonyl (C=O) groups excluding carboxylic acids is 2. The fourth-order valence-corrected chi connectivity index (χ4v) is 4.77. The lowest BCUT2D eigenvalue weighted by Crippen LogP contribution is -2.43. The molecule has 3 rings (SSSR count). The Hall–Kier alpha value is -3.62. The molecule has 0 aliphatic carbocycles. The second-order valence-corrected chi connectivity index (χ2v) is 9.92. The van der Waals surface area contributed by atoms with E-state index in [1.165, 1.54) is 6.08 Å². The summed E-state index contributed by atoms with van der Waals surface area (Å²) in [7, 11) is 3.22. The predicted octanol–water partition coefficient (Wildman–Crippen LogP) is 5.31. The Balaban J connectivity index is 1.73. The molecule has 0 saturated carbocycles. The van der Waals surface area contributed by atoms with Crippen molar-refractivity contribution in [1.29, 1.82) is 0 Å². The highest BCUT2D eigenvalue weighted by atomic mass is 32.1. The SMILES string of the molecule is CCOCCCN(CC(=O)N(CCc1ccc(OC)c(OC)c1)Cc1cccs1)C(=O)C=Cc1ccccc1. The van der Waals surface area contributed by atoms with E-state index in [4.69, 9.17) is 14.2 Å². The van der Waals surface area contributed by atoms with Gasteiger partial charge in [0.2, 0.25) is 11.8 Å². The summed E-state index contributed by atoms with van der Waals surface area (Å²) in [5.74, 6) is 1.03.